The second-order valence-corrected chi connectivity index (χ2v) is 4.67. The molecule has 3 rings (SSSR count). The fraction of sp³-hybridized carbons (Fsp3) is 0.500. The Bertz CT molecular complexity index is 620. The van der Waals surface area contributed by atoms with Crippen LogP contribution in [0.25, 0.3) is 0 Å². The number of nitro groups is 1. The van der Waals surface area contributed by atoms with Crippen molar-refractivity contribution < 1.29 is 9.45 Å². The summed E-state index contributed by atoms with van der Waals surface area (Å²) >= 11 is 0. The SMILES string of the molecule is Cl.NC1(c2noc(Cn3cc([N+](=O)[O-])cn3)n2)CCC1. The van der Waals surface area contributed by atoms with Gasteiger partial charge in [-0.25, -0.2) is 0 Å². The van der Waals surface area contributed by atoms with Crippen molar-refractivity contribution in [3.63, 3.8) is 0 Å². The number of hydrogen-bond donors (Lipinski definition) is 1. The van der Waals surface area contributed by atoms with Gasteiger partial charge in [0.2, 0.25) is 5.89 Å². The molecule has 0 amide bonds. The van der Waals surface area contributed by atoms with Crippen LogP contribution < -0.4 is 5.73 Å². The van der Waals surface area contributed by atoms with Crippen LogP contribution in [0.3, 0.4) is 0 Å². The van der Waals surface area contributed by atoms with E-state index in [1.54, 1.807) is 0 Å². The molecular formula is C10H13ClN6O3. The summed E-state index contributed by atoms with van der Waals surface area (Å²) in [6.45, 7) is 0.191. The van der Waals surface area contributed by atoms with Crippen molar-refractivity contribution in [3.8, 4) is 0 Å². The Hall–Kier alpha value is -2.00. The normalized spacial score (nSPS) is 16.2. The van der Waals surface area contributed by atoms with E-state index >= 15 is 0 Å². The number of nitrogens with zero attached hydrogens (tertiary/aromatic N) is 5. The molecule has 9 nitrogen and oxygen atoms in total. The first kappa shape index (κ1) is 14.4. The Morgan fingerprint density at radius 2 is 2.30 bits per heavy atom. The molecule has 0 saturated heterocycles. The van der Waals surface area contributed by atoms with Crippen LogP contribution in [0.4, 0.5) is 5.69 Å². The van der Waals surface area contributed by atoms with E-state index in [4.69, 9.17) is 10.3 Å². The van der Waals surface area contributed by atoms with Gasteiger partial charge in [-0.3, -0.25) is 14.8 Å². The predicted octanol–water partition coefficient (Wildman–Crippen LogP) is 0.982. The zero-order valence-electron chi connectivity index (χ0n) is 10.4. The van der Waals surface area contributed by atoms with Gasteiger partial charge in [0.15, 0.2) is 5.82 Å². The van der Waals surface area contributed by atoms with Crippen LogP contribution >= 0.6 is 12.4 Å². The summed E-state index contributed by atoms with van der Waals surface area (Å²) in [5.74, 6) is 0.833. The van der Waals surface area contributed by atoms with Crippen LogP contribution in [-0.4, -0.2) is 24.8 Å². The maximum absolute atomic E-state index is 10.5. The van der Waals surface area contributed by atoms with Crippen molar-refractivity contribution in [2.45, 2.75) is 31.3 Å². The van der Waals surface area contributed by atoms with Crippen molar-refractivity contribution in [2.24, 2.45) is 5.73 Å². The number of hydrogen-bond acceptors (Lipinski definition) is 7. The van der Waals surface area contributed by atoms with Crippen molar-refractivity contribution >= 4 is 18.1 Å². The minimum atomic E-state index is -0.508. The van der Waals surface area contributed by atoms with Gasteiger partial charge in [-0.2, -0.15) is 10.1 Å². The monoisotopic (exact) mass is 300 g/mol. The minimum absolute atomic E-state index is 0. The lowest BCUT2D eigenvalue weighted by Gasteiger charge is -2.34. The highest BCUT2D eigenvalue weighted by atomic mass is 35.5. The summed E-state index contributed by atoms with van der Waals surface area (Å²) in [4.78, 5) is 14.2. The van der Waals surface area contributed by atoms with Crippen LogP contribution in [0.15, 0.2) is 16.9 Å². The molecule has 1 fully saturated rings. The first-order valence-electron chi connectivity index (χ1n) is 5.86. The molecule has 0 aliphatic heterocycles. The van der Waals surface area contributed by atoms with Crippen molar-refractivity contribution in [3.05, 3.63) is 34.2 Å². The molecule has 20 heavy (non-hydrogen) atoms. The molecule has 2 heterocycles. The van der Waals surface area contributed by atoms with E-state index < -0.39 is 10.5 Å². The van der Waals surface area contributed by atoms with Crippen LogP contribution in [0.5, 0.6) is 0 Å². The lowest BCUT2D eigenvalue weighted by atomic mass is 9.77. The topological polar surface area (TPSA) is 126 Å². The van der Waals surface area contributed by atoms with Gasteiger partial charge >= 0.3 is 5.69 Å². The molecule has 1 saturated carbocycles. The maximum atomic E-state index is 10.5. The van der Waals surface area contributed by atoms with E-state index in [-0.39, 0.29) is 24.6 Å². The molecule has 0 aromatic carbocycles. The Kier molecular flexibility index (Phi) is 3.73. The Labute approximate surface area is 119 Å². The summed E-state index contributed by atoms with van der Waals surface area (Å²) in [6, 6.07) is 0. The van der Waals surface area contributed by atoms with Gasteiger partial charge in [-0.15, -0.1) is 12.4 Å². The smallest absolute Gasteiger partial charge is 0.307 e. The standard InChI is InChI=1S/C10H12N6O3.ClH/c11-10(2-1-3-10)9-13-8(19-14-9)6-15-5-7(4-12-15)16(17)18;/h4-5H,1-3,6,11H2;1H. The highest BCUT2D eigenvalue weighted by Gasteiger charge is 2.38. The summed E-state index contributed by atoms with van der Waals surface area (Å²) in [5, 5.41) is 18.2. The van der Waals surface area contributed by atoms with E-state index in [1.165, 1.54) is 17.1 Å². The van der Waals surface area contributed by atoms with E-state index in [0.717, 1.165) is 19.3 Å². The van der Waals surface area contributed by atoms with Gasteiger partial charge in [-0.05, 0) is 19.3 Å². The zero-order chi connectivity index (χ0) is 13.5. The highest BCUT2D eigenvalue weighted by Crippen LogP contribution is 2.36. The van der Waals surface area contributed by atoms with E-state index in [0.29, 0.717) is 11.7 Å². The third kappa shape index (κ3) is 2.49. The van der Waals surface area contributed by atoms with Crippen LogP contribution in [-0.2, 0) is 12.1 Å². The summed E-state index contributed by atoms with van der Waals surface area (Å²) in [5.41, 5.74) is 5.53. The molecule has 0 unspecified atom stereocenters. The molecule has 0 atom stereocenters. The fourth-order valence-electron chi connectivity index (χ4n) is 1.97. The van der Waals surface area contributed by atoms with Gasteiger partial charge < -0.3 is 10.3 Å². The zero-order valence-corrected chi connectivity index (χ0v) is 11.2. The van der Waals surface area contributed by atoms with Gasteiger partial charge in [0.25, 0.3) is 0 Å². The Morgan fingerprint density at radius 1 is 1.55 bits per heavy atom. The van der Waals surface area contributed by atoms with Crippen molar-refractivity contribution in [1.29, 1.82) is 0 Å². The number of halogens is 1. The second kappa shape index (κ2) is 5.17. The molecule has 0 spiro atoms. The second-order valence-electron chi connectivity index (χ2n) is 4.67. The maximum Gasteiger partial charge on any atom is 0.307 e. The third-order valence-corrected chi connectivity index (χ3v) is 3.29. The molecule has 2 aromatic rings. The third-order valence-electron chi connectivity index (χ3n) is 3.29. The molecule has 1 aliphatic rings. The van der Waals surface area contributed by atoms with E-state index in [2.05, 4.69) is 15.2 Å². The average molecular weight is 301 g/mol. The highest BCUT2D eigenvalue weighted by molar-refractivity contribution is 5.85. The molecule has 0 radical (unpaired) electrons. The first-order valence-corrected chi connectivity index (χ1v) is 5.86. The lowest BCUT2D eigenvalue weighted by molar-refractivity contribution is -0.385. The quantitative estimate of drug-likeness (QED) is 0.658. The minimum Gasteiger partial charge on any atom is -0.337 e. The largest absolute Gasteiger partial charge is 0.337 e. The van der Waals surface area contributed by atoms with Gasteiger partial charge in [0.1, 0.15) is 18.9 Å². The van der Waals surface area contributed by atoms with Crippen LogP contribution in [0, 0.1) is 10.1 Å². The summed E-state index contributed by atoms with van der Waals surface area (Å²) < 4.78 is 6.46. The Morgan fingerprint density at radius 3 is 2.85 bits per heavy atom. The predicted molar refractivity (Wildman–Crippen MR) is 69.2 cm³/mol. The molecule has 1 aliphatic carbocycles. The summed E-state index contributed by atoms with van der Waals surface area (Å²) in [6.07, 6.45) is 5.24. The lowest BCUT2D eigenvalue weighted by Crippen LogP contribution is -2.44. The molecule has 0 bridgehead atoms. The average Bonchev–Trinajstić information content (AvgIpc) is 2.96. The Balaban J connectivity index is 0.00000147. The van der Waals surface area contributed by atoms with Crippen LogP contribution in [0.1, 0.15) is 31.0 Å². The number of aromatic nitrogens is 4. The first-order chi connectivity index (χ1) is 9.07. The van der Waals surface area contributed by atoms with Gasteiger partial charge in [0, 0.05) is 0 Å². The molecule has 2 N–H and O–H groups in total. The van der Waals surface area contributed by atoms with E-state index in [9.17, 15) is 10.1 Å². The molecule has 108 valence electrons. The summed E-state index contributed by atoms with van der Waals surface area (Å²) in [7, 11) is 0. The van der Waals surface area contributed by atoms with Gasteiger partial charge in [0.05, 0.1) is 10.5 Å². The van der Waals surface area contributed by atoms with Gasteiger partial charge in [-0.1, -0.05) is 5.16 Å². The van der Waals surface area contributed by atoms with Crippen LogP contribution in [0.2, 0.25) is 0 Å². The molecule has 10 heteroatoms. The van der Waals surface area contributed by atoms with Crippen molar-refractivity contribution in [1.82, 2.24) is 19.9 Å². The number of rotatable bonds is 4. The van der Waals surface area contributed by atoms with Crippen molar-refractivity contribution in [2.75, 3.05) is 0 Å². The molecular weight excluding hydrogens is 288 g/mol. The molecule has 2 aromatic heterocycles. The number of nitrogens with two attached hydrogens (primary N) is 1. The fourth-order valence-corrected chi connectivity index (χ4v) is 1.97. The van der Waals surface area contributed by atoms with E-state index in [1.807, 2.05) is 0 Å².